The van der Waals surface area contributed by atoms with Crippen molar-refractivity contribution < 1.29 is 9.63 Å². The van der Waals surface area contributed by atoms with Gasteiger partial charge in [-0.05, 0) is 25.5 Å². The molecular weight excluding hydrogens is 370 g/mol. The Kier molecular flexibility index (Phi) is 6.63. The number of amidine groups is 1. The van der Waals surface area contributed by atoms with Gasteiger partial charge in [0.25, 0.3) is 5.91 Å². The van der Waals surface area contributed by atoms with Crippen molar-refractivity contribution in [3.63, 3.8) is 0 Å². The van der Waals surface area contributed by atoms with Crippen LogP contribution in [-0.4, -0.2) is 44.9 Å². The topological polar surface area (TPSA) is 133 Å². The molecule has 1 aliphatic rings. The van der Waals surface area contributed by atoms with Crippen LogP contribution in [0.4, 0.5) is 5.69 Å². The molecule has 9 nitrogen and oxygen atoms in total. The van der Waals surface area contributed by atoms with Gasteiger partial charge in [0, 0.05) is 48.3 Å². The molecule has 0 spiro atoms. The average molecular weight is 395 g/mol. The zero-order valence-electron chi connectivity index (χ0n) is 16.6. The van der Waals surface area contributed by atoms with E-state index in [9.17, 15) is 4.79 Å². The smallest absolute Gasteiger partial charge is 0.273 e. The van der Waals surface area contributed by atoms with E-state index in [4.69, 9.17) is 16.3 Å². The molecule has 0 fully saturated rings. The summed E-state index contributed by atoms with van der Waals surface area (Å²) in [6.07, 6.45) is 7.81. The number of hydrogen-bond donors (Lipinski definition) is 2. The number of pyridine rings is 1. The molecule has 0 saturated carbocycles. The van der Waals surface area contributed by atoms with E-state index < -0.39 is 0 Å². The van der Waals surface area contributed by atoms with Crippen molar-refractivity contribution in [2.24, 2.45) is 16.5 Å². The third-order valence-corrected chi connectivity index (χ3v) is 4.27. The first kappa shape index (κ1) is 20.6. The minimum absolute atomic E-state index is 0.213. The van der Waals surface area contributed by atoms with Crippen molar-refractivity contribution in [1.29, 1.82) is 0 Å². The second kappa shape index (κ2) is 9.35. The van der Waals surface area contributed by atoms with Gasteiger partial charge in [0.1, 0.15) is 11.7 Å². The molecule has 1 aliphatic heterocycles. The molecule has 4 N–H and O–H groups in total. The van der Waals surface area contributed by atoms with Gasteiger partial charge in [-0.15, -0.1) is 0 Å². The van der Waals surface area contributed by atoms with Gasteiger partial charge in [-0.2, -0.15) is 0 Å². The van der Waals surface area contributed by atoms with Crippen molar-refractivity contribution >= 4 is 23.5 Å². The molecule has 0 aliphatic carbocycles. The molecule has 9 heteroatoms. The summed E-state index contributed by atoms with van der Waals surface area (Å²) >= 11 is 0. The Labute approximate surface area is 169 Å². The number of rotatable bonds is 7. The number of fused-ring (bicyclic) bond motifs is 1. The fourth-order valence-electron chi connectivity index (χ4n) is 2.92. The molecule has 0 aromatic carbocycles. The Morgan fingerprint density at radius 2 is 1.97 bits per heavy atom. The van der Waals surface area contributed by atoms with Crippen molar-refractivity contribution in [3.05, 3.63) is 41.6 Å². The highest BCUT2D eigenvalue weighted by molar-refractivity contribution is 6.05. The predicted molar refractivity (Wildman–Crippen MR) is 111 cm³/mol. The number of hydrogen-bond acceptors (Lipinski definition) is 8. The molecule has 0 saturated heterocycles. The quantitative estimate of drug-likeness (QED) is 0.685. The lowest BCUT2D eigenvalue weighted by Gasteiger charge is -2.21. The van der Waals surface area contributed by atoms with Crippen molar-refractivity contribution in [1.82, 2.24) is 20.0 Å². The first-order chi connectivity index (χ1) is 14.0. The van der Waals surface area contributed by atoms with Gasteiger partial charge < -0.3 is 11.5 Å². The standard InChI is InChI=1S/C20H25N7O2/c1-3-5-27(29-4-2)20(28)13-6-14-10-23-16(8-17(14)26-18(22)7-13)15-11-24-19(9-21)25-12-15/h6,8,10-12H,3-5,7,9,21H2,1-2H3,(H2,22,26). The summed E-state index contributed by atoms with van der Waals surface area (Å²) in [6, 6.07) is 1.80. The summed E-state index contributed by atoms with van der Waals surface area (Å²) in [4.78, 5) is 35.7. The van der Waals surface area contributed by atoms with Gasteiger partial charge in [0.2, 0.25) is 0 Å². The van der Waals surface area contributed by atoms with Crippen LogP contribution in [0.15, 0.2) is 35.2 Å². The summed E-state index contributed by atoms with van der Waals surface area (Å²) in [5, 5.41) is 1.38. The van der Waals surface area contributed by atoms with Crippen LogP contribution in [0.25, 0.3) is 17.3 Å². The summed E-state index contributed by atoms with van der Waals surface area (Å²) in [5.74, 6) is 0.695. The third-order valence-electron chi connectivity index (χ3n) is 4.27. The Morgan fingerprint density at radius 3 is 2.62 bits per heavy atom. The van der Waals surface area contributed by atoms with Crippen molar-refractivity contribution in [2.75, 3.05) is 13.2 Å². The maximum absolute atomic E-state index is 12.9. The van der Waals surface area contributed by atoms with Crippen LogP contribution in [0, 0.1) is 0 Å². The van der Waals surface area contributed by atoms with Crippen LogP contribution in [0.2, 0.25) is 0 Å². The summed E-state index contributed by atoms with van der Waals surface area (Å²) in [5.41, 5.74) is 14.9. The van der Waals surface area contributed by atoms with Crippen molar-refractivity contribution in [3.8, 4) is 11.3 Å². The van der Waals surface area contributed by atoms with E-state index in [2.05, 4.69) is 19.9 Å². The van der Waals surface area contributed by atoms with E-state index >= 15 is 0 Å². The molecule has 0 bridgehead atoms. The van der Waals surface area contributed by atoms with Gasteiger partial charge in [0.15, 0.2) is 0 Å². The van der Waals surface area contributed by atoms with Crippen molar-refractivity contribution in [2.45, 2.75) is 33.2 Å². The maximum atomic E-state index is 12.9. The molecule has 3 heterocycles. The normalized spacial score (nSPS) is 13.2. The van der Waals surface area contributed by atoms with E-state index in [1.807, 2.05) is 13.8 Å². The van der Waals surface area contributed by atoms with Crippen LogP contribution in [0.1, 0.15) is 38.1 Å². The monoisotopic (exact) mass is 395 g/mol. The second-order valence-corrected chi connectivity index (χ2v) is 6.49. The minimum Gasteiger partial charge on any atom is -0.387 e. The molecule has 2 aromatic rings. The first-order valence-electron chi connectivity index (χ1n) is 9.55. The van der Waals surface area contributed by atoms with Crippen LogP contribution >= 0.6 is 0 Å². The molecule has 2 aromatic heterocycles. The molecule has 0 unspecified atom stereocenters. The van der Waals surface area contributed by atoms with E-state index in [-0.39, 0.29) is 18.9 Å². The van der Waals surface area contributed by atoms with Gasteiger partial charge >= 0.3 is 0 Å². The van der Waals surface area contributed by atoms with E-state index in [0.717, 1.165) is 12.0 Å². The van der Waals surface area contributed by atoms with Gasteiger partial charge in [-0.25, -0.2) is 20.0 Å². The van der Waals surface area contributed by atoms with E-state index in [0.29, 0.717) is 47.3 Å². The Balaban J connectivity index is 1.94. The first-order valence-corrected chi connectivity index (χ1v) is 9.55. The molecule has 3 rings (SSSR count). The number of carbonyl (C=O) groups is 1. The highest BCUT2D eigenvalue weighted by Crippen LogP contribution is 2.30. The fraction of sp³-hybridized carbons (Fsp3) is 0.350. The Bertz CT molecular complexity index is 932. The predicted octanol–water partition coefficient (Wildman–Crippen LogP) is 1.96. The second-order valence-electron chi connectivity index (χ2n) is 6.49. The maximum Gasteiger partial charge on any atom is 0.273 e. The Hall–Kier alpha value is -3.17. The number of nitrogens with two attached hydrogens (primary N) is 2. The molecule has 152 valence electrons. The number of aliphatic imine (C=N–C) groups is 1. The lowest BCUT2D eigenvalue weighted by molar-refractivity contribution is -0.180. The molecule has 1 amide bonds. The van der Waals surface area contributed by atoms with Crippen LogP contribution in [0.3, 0.4) is 0 Å². The lowest BCUT2D eigenvalue weighted by Crippen LogP contribution is -2.34. The average Bonchev–Trinajstić information content (AvgIpc) is 2.90. The van der Waals surface area contributed by atoms with E-state index in [1.54, 1.807) is 30.7 Å². The molecule has 29 heavy (non-hydrogen) atoms. The zero-order valence-corrected chi connectivity index (χ0v) is 16.6. The highest BCUT2D eigenvalue weighted by Gasteiger charge is 2.22. The highest BCUT2D eigenvalue weighted by atomic mass is 16.7. The largest absolute Gasteiger partial charge is 0.387 e. The SMILES string of the molecule is CCCN(OCC)C(=O)C1=Cc2cnc(-c3cnc(CN)nc3)cc2N=C(N)C1. The van der Waals surface area contributed by atoms with Gasteiger partial charge in [-0.3, -0.25) is 14.6 Å². The number of carbonyl (C=O) groups excluding carboxylic acids is 1. The van der Waals surface area contributed by atoms with E-state index in [1.165, 1.54) is 5.06 Å². The Morgan fingerprint density at radius 1 is 1.21 bits per heavy atom. The van der Waals surface area contributed by atoms with Crippen LogP contribution in [0.5, 0.6) is 0 Å². The number of aromatic nitrogens is 3. The van der Waals surface area contributed by atoms with Crippen LogP contribution < -0.4 is 11.5 Å². The fourth-order valence-corrected chi connectivity index (χ4v) is 2.92. The molecular formula is C20H25N7O2. The zero-order chi connectivity index (χ0) is 20.8. The number of amides is 1. The third kappa shape index (κ3) is 4.82. The van der Waals surface area contributed by atoms with Gasteiger partial charge in [-0.1, -0.05) is 6.92 Å². The summed E-state index contributed by atoms with van der Waals surface area (Å²) < 4.78 is 0. The minimum atomic E-state index is -0.213. The van der Waals surface area contributed by atoms with Crippen LogP contribution in [-0.2, 0) is 16.2 Å². The lowest BCUT2D eigenvalue weighted by atomic mass is 10.1. The number of nitrogens with zero attached hydrogens (tertiary/aromatic N) is 5. The summed E-state index contributed by atoms with van der Waals surface area (Å²) in [6.45, 7) is 5.02. The molecule has 0 atom stereocenters. The van der Waals surface area contributed by atoms with Gasteiger partial charge in [0.05, 0.1) is 24.5 Å². The molecule has 0 radical (unpaired) electrons. The summed E-state index contributed by atoms with van der Waals surface area (Å²) in [7, 11) is 0. The number of hydroxylamine groups is 2.